The maximum atomic E-state index is 11.9. The van der Waals surface area contributed by atoms with E-state index in [-0.39, 0.29) is 12.0 Å². The van der Waals surface area contributed by atoms with Gasteiger partial charge in [0.25, 0.3) is 0 Å². The largest absolute Gasteiger partial charge is 0.468 e. The summed E-state index contributed by atoms with van der Waals surface area (Å²) in [6, 6.07) is 8.57. The van der Waals surface area contributed by atoms with E-state index in [9.17, 15) is 4.79 Å². The van der Waals surface area contributed by atoms with Gasteiger partial charge in [-0.3, -0.25) is 5.32 Å². The summed E-state index contributed by atoms with van der Waals surface area (Å²) in [7, 11) is 1.45. The molecule has 1 aromatic rings. The normalized spacial score (nSPS) is 20.5. The van der Waals surface area contributed by atoms with Gasteiger partial charge in [0.15, 0.2) is 0 Å². The van der Waals surface area contributed by atoms with Crippen molar-refractivity contribution in [3.63, 3.8) is 0 Å². The van der Waals surface area contributed by atoms with Crippen LogP contribution in [0.3, 0.4) is 0 Å². The topological polar surface area (TPSA) is 38.3 Å². The van der Waals surface area contributed by atoms with Gasteiger partial charge in [-0.25, -0.2) is 4.79 Å². The Hall–Kier alpha value is -1.35. The molecule has 2 saturated carbocycles. The van der Waals surface area contributed by atoms with Crippen molar-refractivity contribution in [2.24, 2.45) is 0 Å². The summed E-state index contributed by atoms with van der Waals surface area (Å²) in [5, 5.41) is 3.37. The van der Waals surface area contributed by atoms with Gasteiger partial charge in [-0.1, -0.05) is 24.3 Å². The first-order valence-electron chi connectivity index (χ1n) is 6.71. The first-order chi connectivity index (χ1) is 8.78. The van der Waals surface area contributed by atoms with E-state index in [0.717, 1.165) is 18.4 Å². The lowest BCUT2D eigenvalue weighted by atomic mass is 10.0. The van der Waals surface area contributed by atoms with Crippen LogP contribution in [-0.2, 0) is 9.53 Å². The standard InChI is InChI=1S/C15H19NO2/c1-18-15(17)14(16-13-7-8-13)12-4-2-3-11(9-12)10-5-6-10/h2-4,9-10,13-14,16H,5-8H2,1H3. The van der Waals surface area contributed by atoms with E-state index in [1.807, 2.05) is 12.1 Å². The molecule has 0 aromatic heterocycles. The van der Waals surface area contributed by atoms with E-state index < -0.39 is 0 Å². The van der Waals surface area contributed by atoms with Gasteiger partial charge < -0.3 is 4.74 Å². The second kappa shape index (κ2) is 4.73. The predicted molar refractivity (Wildman–Crippen MR) is 69.3 cm³/mol. The highest BCUT2D eigenvalue weighted by atomic mass is 16.5. The van der Waals surface area contributed by atoms with Crippen molar-refractivity contribution in [1.29, 1.82) is 0 Å². The highest BCUT2D eigenvalue weighted by molar-refractivity contribution is 5.77. The van der Waals surface area contributed by atoms with Crippen molar-refractivity contribution in [3.05, 3.63) is 35.4 Å². The van der Waals surface area contributed by atoms with Crippen LogP contribution in [0.1, 0.15) is 48.8 Å². The lowest BCUT2D eigenvalue weighted by Crippen LogP contribution is -2.31. The number of carbonyl (C=O) groups is 1. The zero-order valence-electron chi connectivity index (χ0n) is 10.7. The summed E-state index contributed by atoms with van der Waals surface area (Å²) < 4.78 is 4.91. The lowest BCUT2D eigenvalue weighted by Gasteiger charge is -2.17. The fraction of sp³-hybridized carbons (Fsp3) is 0.533. The number of methoxy groups -OCH3 is 1. The van der Waals surface area contributed by atoms with E-state index in [4.69, 9.17) is 4.74 Å². The van der Waals surface area contributed by atoms with Gasteiger partial charge in [0.05, 0.1) is 7.11 Å². The van der Waals surface area contributed by atoms with Crippen molar-refractivity contribution in [2.45, 2.75) is 43.7 Å². The average molecular weight is 245 g/mol. The molecule has 0 spiro atoms. The number of rotatable bonds is 5. The molecular weight excluding hydrogens is 226 g/mol. The quantitative estimate of drug-likeness (QED) is 0.810. The Morgan fingerprint density at radius 3 is 2.72 bits per heavy atom. The molecule has 1 atom stereocenters. The van der Waals surface area contributed by atoms with Crippen LogP contribution in [0, 0.1) is 0 Å². The maximum Gasteiger partial charge on any atom is 0.327 e. The molecule has 2 fully saturated rings. The third-order valence-corrected chi connectivity index (χ3v) is 3.71. The molecule has 1 N–H and O–H groups in total. The molecule has 0 radical (unpaired) electrons. The predicted octanol–water partition coefficient (Wildman–Crippen LogP) is 2.53. The van der Waals surface area contributed by atoms with Gasteiger partial charge in [0.2, 0.25) is 0 Å². The summed E-state index contributed by atoms with van der Waals surface area (Å²) in [5.74, 6) is 0.527. The van der Waals surface area contributed by atoms with Gasteiger partial charge in [-0.05, 0) is 42.7 Å². The highest BCUT2D eigenvalue weighted by Crippen LogP contribution is 2.40. The SMILES string of the molecule is COC(=O)C(NC1CC1)c1cccc(C2CC2)c1. The van der Waals surface area contributed by atoms with Gasteiger partial charge >= 0.3 is 5.97 Å². The van der Waals surface area contributed by atoms with E-state index in [0.29, 0.717) is 12.0 Å². The minimum absolute atomic E-state index is 0.185. The first kappa shape index (κ1) is 11.7. The highest BCUT2D eigenvalue weighted by Gasteiger charge is 2.31. The van der Waals surface area contributed by atoms with E-state index in [1.165, 1.54) is 25.5 Å². The maximum absolute atomic E-state index is 11.9. The zero-order valence-corrected chi connectivity index (χ0v) is 10.7. The number of ether oxygens (including phenoxy) is 1. The van der Waals surface area contributed by atoms with Crippen LogP contribution >= 0.6 is 0 Å². The zero-order chi connectivity index (χ0) is 12.5. The fourth-order valence-corrected chi connectivity index (χ4v) is 2.31. The Balaban J connectivity index is 1.82. The van der Waals surface area contributed by atoms with Crippen LogP contribution < -0.4 is 5.32 Å². The van der Waals surface area contributed by atoms with Crippen LogP contribution in [0.4, 0.5) is 0 Å². The summed E-state index contributed by atoms with van der Waals surface area (Å²) in [6.07, 6.45) is 4.89. The minimum atomic E-state index is -0.304. The smallest absolute Gasteiger partial charge is 0.327 e. The molecular formula is C15H19NO2. The second-order valence-electron chi connectivity index (χ2n) is 5.34. The van der Waals surface area contributed by atoms with E-state index in [2.05, 4.69) is 17.4 Å². The Morgan fingerprint density at radius 1 is 1.33 bits per heavy atom. The molecule has 1 aromatic carbocycles. The molecule has 3 heteroatoms. The number of hydrogen-bond acceptors (Lipinski definition) is 3. The minimum Gasteiger partial charge on any atom is -0.468 e. The fourth-order valence-electron chi connectivity index (χ4n) is 2.31. The molecule has 0 aliphatic heterocycles. The second-order valence-corrected chi connectivity index (χ2v) is 5.34. The van der Waals surface area contributed by atoms with Gasteiger partial charge in [0.1, 0.15) is 6.04 Å². The van der Waals surface area contributed by atoms with Crippen molar-refractivity contribution < 1.29 is 9.53 Å². The van der Waals surface area contributed by atoms with E-state index >= 15 is 0 Å². The van der Waals surface area contributed by atoms with Crippen LogP contribution in [0.5, 0.6) is 0 Å². The molecule has 1 unspecified atom stereocenters. The average Bonchev–Trinajstić information content (AvgIpc) is 3.29. The van der Waals surface area contributed by atoms with Crippen molar-refractivity contribution in [1.82, 2.24) is 5.32 Å². The number of esters is 1. The monoisotopic (exact) mass is 245 g/mol. The molecule has 3 rings (SSSR count). The van der Waals surface area contributed by atoms with Crippen LogP contribution in [-0.4, -0.2) is 19.1 Å². The van der Waals surface area contributed by atoms with Gasteiger partial charge in [-0.15, -0.1) is 0 Å². The first-order valence-corrected chi connectivity index (χ1v) is 6.71. The summed E-state index contributed by atoms with van der Waals surface area (Å²) in [6.45, 7) is 0. The Bertz CT molecular complexity index is 450. The summed E-state index contributed by atoms with van der Waals surface area (Å²) in [4.78, 5) is 11.9. The van der Waals surface area contributed by atoms with Crippen molar-refractivity contribution >= 4 is 5.97 Å². The van der Waals surface area contributed by atoms with Crippen LogP contribution in [0.2, 0.25) is 0 Å². The number of hydrogen-bond donors (Lipinski definition) is 1. The molecule has 0 saturated heterocycles. The molecule has 0 heterocycles. The molecule has 2 aliphatic rings. The number of carbonyl (C=O) groups excluding carboxylic acids is 1. The Kier molecular flexibility index (Phi) is 3.08. The number of nitrogens with one attached hydrogen (secondary N) is 1. The van der Waals surface area contributed by atoms with Gasteiger partial charge in [-0.2, -0.15) is 0 Å². The lowest BCUT2D eigenvalue weighted by molar-refractivity contribution is -0.143. The molecule has 0 bridgehead atoms. The Labute approximate surface area is 108 Å². The van der Waals surface area contributed by atoms with Crippen LogP contribution in [0.15, 0.2) is 24.3 Å². The molecule has 2 aliphatic carbocycles. The summed E-state index contributed by atoms with van der Waals surface area (Å²) >= 11 is 0. The third kappa shape index (κ3) is 2.56. The van der Waals surface area contributed by atoms with E-state index in [1.54, 1.807) is 0 Å². The molecule has 96 valence electrons. The molecule has 18 heavy (non-hydrogen) atoms. The van der Waals surface area contributed by atoms with Crippen molar-refractivity contribution in [3.8, 4) is 0 Å². The van der Waals surface area contributed by atoms with Crippen molar-refractivity contribution in [2.75, 3.05) is 7.11 Å². The van der Waals surface area contributed by atoms with Crippen LogP contribution in [0.25, 0.3) is 0 Å². The Morgan fingerprint density at radius 2 is 2.11 bits per heavy atom. The van der Waals surface area contributed by atoms with Gasteiger partial charge in [0, 0.05) is 6.04 Å². The summed E-state index contributed by atoms with van der Waals surface area (Å²) in [5.41, 5.74) is 2.40. The number of benzene rings is 1. The molecule has 0 amide bonds. The molecule has 3 nitrogen and oxygen atoms in total. The third-order valence-electron chi connectivity index (χ3n) is 3.71.